The van der Waals surface area contributed by atoms with Crippen LogP contribution in [-0.4, -0.2) is 48.1 Å². The number of rotatable bonds is 7. The summed E-state index contributed by atoms with van der Waals surface area (Å²) in [4.78, 5) is 25.2. The fraction of sp³-hybridized carbons (Fsp3) is 0.407. The molecule has 4 heterocycles. The van der Waals surface area contributed by atoms with E-state index < -0.39 is 28.6 Å². The standard InChI is InChI=1S/C27H30F2N4O3/c1-6-7-15-11-32(12-15)14-17-8-18-21-16(10-30-25(18)31-17)13-33(26(34)27(21,2)3)24-22(28)19(35-4)9-20(36-5)23(24)29/h6,8-10,15H,1,7,11-14H2,2-5H3,(H,30,31). The van der Waals surface area contributed by atoms with Crippen molar-refractivity contribution in [2.75, 3.05) is 32.2 Å². The van der Waals surface area contributed by atoms with Crippen molar-refractivity contribution in [2.45, 2.75) is 38.8 Å². The summed E-state index contributed by atoms with van der Waals surface area (Å²) < 4.78 is 40.7. The Balaban J connectivity index is 1.53. The third-order valence-corrected chi connectivity index (χ3v) is 7.27. The van der Waals surface area contributed by atoms with Crippen LogP contribution in [0.15, 0.2) is 31.0 Å². The number of hydrogen-bond donors (Lipinski definition) is 1. The van der Waals surface area contributed by atoms with Crippen molar-refractivity contribution in [3.05, 3.63) is 59.4 Å². The maximum Gasteiger partial charge on any atom is 0.237 e. The van der Waals surface area contributed by atoms with Crippen molar-refractivity contribution in [1.29, 1.82) is 0 Å². The molecule has 0 unspecified atom stereocenters. The van der Waals surface area contributed by atoms with Crippen molar-refractivity contribution in [3.63, 3.8) is 0 Å². The van der Waals surface area contributed by atoms with Gasteiger partial charge < -0.3 is 19.4 Å². The van der Waals surface area contributed by atoms with Gasteiger partial charge in [0.05, 0.1) is 26.2 Å². The molecule has 5 rings (SSSR count). The number of methoxy groups -OCH3 is 2. The first-order chi connectivity index (χ1) is 17.2. The normalized spacial score (nSPS) is 17.7. The highest BCUT2D eigenvalue weighted by Crippen LogP contribution is 2.44. The average molecular weight is 497 g/mol. The molecule has 0 saturated carbocycles. The van der Waals surface area contributed by atoms with Gasteiger partial charge >= 0.3 is 0 Å². The second kappa shape index (κ2) is 8.89. The molecule has 36 heavy (non-hydrogen) atoms. The SMILES string of the molecule is C=CCC1CN(Cc2cc3c4c(cnc3[nH]2)CN(c2c(F)c(OC)cc(OC)c2F)C(=O)C4(C)C)C1. The van der Waals surface area contributed by atoms with E-state index in [4.69, 9.17) is 9.47 Å². The molecule has 9 heteroatoms. The Kier molecular flexibility index (Phi) is 5.98. The van der Waals surface area contributed by atoms with E-state index in [1.54, 1.807) is 20.0 Å². The second-order valence-electron chi connectivity index (χ2n) is 10.1. The van der Waals surface area contributed by atoms with Gasteiger partial charge in [-0.2, -0.15) is 0 Å². The summed E-state index contributed by atoms with van der Waals surface area (Å²) in [6.07, 6.45) is 4.66. The van der Waals surface area contributed by atoms with E-state index in [1.807, 2.05) is 12.1 Å². The van der Waals surface area contributed by atoms with E-state index in [0.29, 0.717) is 11.6 Å². The number of pyridine rings is 1. The monoisotopic (exact) mass is 496 g/mol. The highest BCUT2D eigenvalue weighted by molar-refractivity contribution is 6.05. The van der Waals surface area contributed by atoms with Crippen molar-refractivity contribution >= 4 is 22.6 Å². The topological polar surface area (TPSA) is 70.7 Å². The number of nitrogens with zero attached hydrogens (tertiary/aromatic N) is 3. The van der Waals surface area contributed by atoms with E-state index in [2.05, 4.69) is 21.4 Å². The highest BCUT2D eigenvalue weighted by atomic mass is 19.1. The Morgan fingerprint density at radius 3 is 2.47 bits per heavy atom. The Bertz CT molecular complexity index is 1330. The van der Waals surface area contributed by atoms with Gasteiger partial charge in [-0.1, -0.05) is 6.08 Å². The van der Waals surface area contributed by atoms with Gasteiger partial charge in [-0.3, -0.25) is 9.69 Å². The zero-order valence-electron chi connectivity index (χ0n) is 21.0. The number of carbonyl (C=O) groups is 1. The molecule has 1 amide bonds. The molecule has 190 valence electrons. The third kappa shape index (κ3) is 3.73. The Hall–Kier alpha value is -3.46. The van der Waals surface area contributed by atoms with Gasteiger partial charge in [0.25, 0.3) is 0 Å². The second-order valence-corrected chi connectivity index (χ2v) is 10.1. The number of allylic oxidation sites excluding steroid dienone is 1. The molecule has 1 fully saturated rings. The lowest BCUT2D eigenvalue weighted by Crippen LogP contribution is -2.48. The number of benzene rings is 1. The number of aromatic amines is 1. The van der Waals surface area contributed by atoms with Crippen molar-refractivity contribution < 1.29 is 23.0 Å². The van der Waals surface area contributed by atoms with E-state index in [1.165, 1.54) is 14.2 Å². The number of nitrogens with one attached hydrogen (secondary N) is 1. The number of anilines is 1. The van der Waals surface area contributed by atoms with Crippen LogP contribution in [0.4, 0.5) is 14.5 Å². The zero-order chi connectivity index (χ0) is 25.8. The average Bonchev–Trinajstić information content (AvgIpc) is 3.23. The van der Waals surface area contributed by atoms with Gasteiger partial charge in [0, 0.05) is 43.0 Å². The number of aromatic nitrogens is 2. The number of amides is 1. The lowest BCUT2D eigenvalue weighted by molar-refractivity contribution is -0.123. The summed E-state index contributed by atoms with van der Waals surface area (Å²) in [6, 6.07) is 3.17. The number of H-pyrrole nitrogens is 1. The molecule has 0 spiro atoms. The number of carbonyl (C=O) groups excluding carboxylic acids is 1. The van der Waals surface area contributed by atoms with E-state index in [-0.39, 0.29) is 18.0 Å². The van der Waals surface area contributed by atoms with Crippen LogP contribution >= 0.6 is 0 Å². The van der Waals surface area contributed by atoms with Gasteiger partial charge in [0.1, 0.15) is 11.3 Å². The first-order valence-corrected chi connectivity index (χ1v) is 11.9. The summed E-state index contributed by atoms with van der Waals surface area (Å²) in [7, 11) is 2.56. The molecule has 2 aliphatic rings. The predicted molar refractivity (Wildman–Crippen MR) is 133 cm³/mol. The predicted octanol–water partition coefficient (Wildman–Crippen LogP) is 4.69. The zero-order valence-corrected chi connectivity index (χ0v) is 21.0. The summed E-state index contributed by atoms with van der Waals surface area (Å²) in [5, 5.41) is 0.854. The van der Waals surface area contributed by atoms with Crippen LogP contribution < -0.4 is 14.4 Å². The lowest BCUT2D eigenvalue weighted by Gasteiger charge is -2.39. The summed E-state index contributed by atoms with van der Waals surface area (Å²) in [5.41, 5.74) is 1.71. The number of hydrogen-bond acceptors (Lipinski definition) is 5. The summed E-state index contributed by atoms with van der Waals surface area (Å²) in [6.45, 7) is 10.1. The van der Waals surface area contributed by atoms with Crippen molar-refractivity contribution in [3.8, 4) is 11.5 Å². The smallest absolute Gasteiger partial charge is 0.237 e. The van der Waals surface area contributed by atoms with Crippen molar-refractivity contribution in [2.24, 2.45) is 5.92 Å². The largest absolute Gasteiger partial charge is 0.493 e. The van der Waals surface area contributed by atoms with Crippen LogP contribution in [0.3, 0.4) is 0 Å². The van der Waals surface area contributed by atoms with Crippen LogP contribution in [0, 0.1) is 17.6 Å². The molecule has 0 atom stereocenters. The van der Waals surface area contributed by atoms with Crippen LogP contribution in [-0.2, 0) is 23.3 Å². The lowest BCUT2D eigenvalue weighted by atomic mass is 9.76. The molecule has 1 aromatic carbocycles. The van der Waals surface area contributed by atoms with E-state index in [0.717, 1.165) is 59.2 Å². The third-order valence-electron chi connectivity index (χ3n) is 7.27. The molecule has 1 N–H and O–H groups in total. The Labute approximate surface area is 208 Å². The molecule has 0 aliphatic carbocycles. The van der Waals surface area contributed by atoms with Gasteiger partial charge in [-0.25, -0.2) is 13.8 Å². The van der Waals surface area contributed by atoms with Gasteiger partial charge in [0.2, 0.25) is 5.91 Å². The van der Waals surface area contributed by atoms with Crippen LogP contribution in [0.2, 0.25) is 0 Å². The number of likely N-dealkylation sites (tertiary alicyclic amines) is 1. The maximum absolute atomic E-state index is 15.3. The van der Waals surface area contributed by atoms with Gasteiger partial charge in [-0.05, 0) is 43.4 Å². The first-order valence-electron chi connectivity index (χ1n) is 11.9. The molecule has 2 aromatic heterocycles. The van der Waals surface area contributed by atoms with Crippen LogP contribution in [0.5, 0.6) is 11.5 Å². The molecule has 1 saturated heterocycles. The number of halogens is 2. The Morgan fingerprint density at radius 1 is 1.19 bits per heavy atom. The molecular weight excluding hydrogens is 466 g/mol. The maximum atomic E-state index is 15.3. The van der Waals surface area contributed by atoms with Crippen molar-refractivity contribution in [1.82, 2.24) is 14.9 Å². The summed E-state index contributed by atoms with van der Waals surface area (Å²) >= 11 is 0. The summed E-state index contributed by atoms with van der Waals surface area (Å²) in [5.74, 6) is -2.09. The van der Waals surface area contributed by atoms with Gasteiger partial charge in [-0.15, -0.1) is 6.58 Å². The Morgan fingerprint density at radius 2 is 1.86 bits per heavy atom. The van der Waals surface area contributed by atoms with E-state index >= 15 is 8.78 Å². The quantitative estimate of drug-likeness (QED) is 0.481. The van der Waals surface area contributed by atoms with E-state index in [9.17, 15) is 4.79 Å². The molecule has 3 aromatic rings. The minimum absolute atomic E-state index is 0.0272. The molecule has 2 aliphatic heterocycles. The number of fused-ring (bicyclic) bond motifs is 3. The first kappa shape index (κ1) is 24.2. The highest BCUT2D eigenvalue weighted by Gasteiger charge is 2.44. The fourth-order valence-corrected chi connectivity index (χ4v) is 5.52. The molecule has 7 nitrogen and oxygen atoms in total. The van der Waals surface area contributed by atoms with Crippen LogP contribution in [0.25, 0.3) is 11.0 Å². The minimum Gasteiger partial charge on any atom is -0.493 e. The van der Waals surface area contributed by atoms with Gasteiger partial charge in [0.15, 0.2) is 23.1 Å². The molecule has 0 bridgehead atoms. The number of ether oxygens (including phenoxy) is 2. The van der Waals surface area contributed by atoms with Crippen LogP contribution in [0.1, 0.15) is 37.1 Å². The molecule has 0 radical (unpaired) electrons. The molecular formula is C27H30F2N4O3. The minimum atomic E-state index is -1.06. The fourth-order valence-electron chi connectivity index (χ4n) is 5.52.